The van der Waals surface area contributed by atoms with Crippen molar-refractivity contribution in [1.29, 1.82) is 0 Å². The number of ether oxygens (including phenoxy) is 2. The monoisotopic (exact) mass is 1040 g/mol. The van der Waals surface area contributed by atoms with E-state index in [0.717, 1.165) is 39.3 Å². The second kappa shape index (κ2) is 16.9. The maximum atomic E-state index is 9.47. The van der Waals surface area contributed by atoms with Crippen LogP contribution in [0.4, 0.5) is 22.7 Å². The third-order valence-electron chi connectivity index (χ3n) is 11.8. The van der Waals surface area contributed by atoms with Gasteiger partial charge in [0.25, 0.3) is 0 Å². The van der Waals surface area contributed by atoms with E-state index in [9.17, 15) is 4.11 Å². The Morgan fingerprint density at radius 2 is 1.36 bits per heavy atom. The van der Waals surface area contributed by atoms with Gasteiger partial charge in [0.05, 0.1) is 5.48 Å². The maximum Gasteiger partial charge on any atom is 0.135 e. The summed E-state index contributed by atoms with van der Waals surface area (Å²) >= 11 is 0. The maximum absolute atomic E-state index is 9.47. The molecule has 0 atom stereocenters. The molecule has 0 spiro atoms. The number of aromatic nitrogens is 2. The van der Waals surface area contributed by atoms with Crippen LogP contribution in [0.3, 0.4) is 0 Å². The van der Waals surface area contributed by atoms with Gasteiger partial charge in [0, 0.05) is 84.9 Å². The van der Waals surface area contributed by atoms with Gasteiger partial charge < -0.3 is 23.8 Å². The number of rotatable bonds is 3. The zero-order chi connectivity index (χ0) is 51.4. The second-order valence-corrected chi connectivity index (χ2v) is 16.3. The van der Waals surface area contributed by atoms with Gasteiger partial charge in [-0.05, 0) is 88.4 Å². The average Bonchev–Trinajstić information content (AvgIpc) is 3.98. The Balaban J connectivity index is 0.00000602. The van der Waals surface area contributed by atoms with Crippen molar-refractivity contribution in [2.24, 2.45) is 5.92 Å². The summed E-state index contributed by atoms with van der Waals surface area (Å²) in [7, 11) is 0. The first-order valence-electron chi connectivity index (χ1n) is 25.9. The van der Waals surface area contributed by atoms with Crippen molar-refractivity contribution in [2.45, 2.75) is 27.1 Å². The van der Waals surface area contributed by atoms with Gasteiger partial charge in [-0.3, -0.25) is 0 Å². The van der Waals surface area contributed by atoms with E-state index in [-0.39, 0.29) is 72.5 Å². The minimum atomic E-state index is -2.64. The predicted molar refractivity (Wildman–Crippen MR) is 264 cm³/mol. The van der Waals surface area contributed by atoms with Crippen LogP contribution in [0.25, 0.3) is 61.0 Å². The summed E-state index contributed by atoms with van der Waals surface area (Å²) < 4.78 is 95.2. The molecule has 0 radical (unpaired) electrons. The van der Waals surface area contributed by atoms with Crippen molar-refractivity contribution in [3.63, 3.8) is 0 Å². The Labute approximate surface area is 412 Å². The number of hydrogen-bond acceptors (Lipinski definition) is 5. The van der Waals surface area contributed by atoms with Crippen LogP contribution in [0.2, 0.25) is 0 Å². The minimum absolute atomic E-state index is 0. The van der Waals surface area contributed by atoms with Gasteiger partial charge in [-0.2, -0.15) is 12.1 Å². The summed E-state index contributed by atoms with van der Waals surface area (Å²) in [6.45, 7) is 2.91. The van der Waals surface area contributed by atoms with E-state index in [0.29, 0.717) is 39.3 Å². The summed E-state index contributed by atoms with van der Waals surface area (Å²) in [4.78, 5) is 8.98. The Bertz CT molecular complexity index is 3880. The molecule has 8 aromatic carbocycles. The van der Waals surface area contributed by atoms with E-state index in [1.165, 1.54) is 6.07 Å². The molecule has 5 aliphatic heterocycles. The molecule has 0 aliphatic carbocycles. The number of hydrogen-bond donors (Lipinski definition) is 0. The van der Waals surface area contributed by atoms with E-state index < -0.39 is 31.2 Å². The van der Waals surface area contributed by atoms with Crippen molar-refractivity contribution < 1.29 is 42.9 Å². The molecule has 10 aromatic rings. The molecule has 0 saturated carbocycles. The average molecular weight is 1040 g/mol. The van der Waals surface area contributed by atoms with Crippen molar-refractivity contribution in [3.8, 4) is 62.2 Å². The van der Waals surface area contributed by atoms with Crippen molar-refractivity contribution in [1.82, 2.24) is 9.55 Å². The molecule has 6 nitrogen and oxygen atoms in total. The number of fused-ring (bicyclic) bond motifs is 6. The second-order valence-electron chi connectivity index (χ2n) is 16.3. The molecule has 0 amide bonds. The van der Waals surface area contributed by atoms with Gasteiger partial charge in [0.1, 0.15) is 17.3 Å². The number of para-hydroxylation sites is 4. The number of nitrogens with zero attached hydrogens (tertiary/aromatic N) is 4. The Hall–Kier alpha value is -7.40. The molecule has 0 fully saturated rings. The van der Waals surface area contributed by atoms with Gasteiger partial charge in [-0.25, -0.2) is 4.98 Å². The molecule has 7 heteroatoms. The Morgan fingerprint density at radius 1 is 0.682 bits per heavy atom. The molecule has 12 bridgehead atoms. The van der Waals surface area contributed by atoms with E-state index in [2.05, 4.69) is 41.3 Å². The van der Waals surface area contributed by atoms with Crippen LogP contribution >= 0.6 is 0 Å². The SMILES string of the molecule is [2H]c1c([2H])c([2H])c2c(c1[2H])c1ccc3[c-]c1n2-c1cc(C([2H])([2H])C(C)C)c(cn1)-c1ccc(cc1)Oc1ccc(cc1)-c1cccc(-c2ccccc2)c1N1[CH-]N(c2[c-]c(c(C([2H])([2H])[2H])cc2)O3)c2ccccc21.[Pt]. The molecule has 66 heavy (non-hydrogen) atoms. The minimum Gasteiger partial charge on any atom is -0.509 e. The van der Waals surface area contributed by atoms with Crippen LogP contribution in [-0.2, 0) is 27.4 Å². The molecule has 0 unspecified atom stereocenters. The number of pyridine rings is 1. The normalized spacial score (nSPS) is 15.0. The zero-order valence-electron chi connectivity index (χ0n) is 44.6. The summed E-state index contributed by atoms with van der Waals surface area (Å²) in [6.07, 6.45) is -0.341. The van der Waals surface area contributed by atoms with Crippen LogP contribution in [-0.4, -0.2) is 9.55 Å². The zero-order valence-corrected chi connectivity index (χ0v) is 37.9. The van der Waals surface area contributed by atoms with Gasteiger partial charge in [-0.15, -0.1) is 47.6 Å². The van der Waals surface area contributed by atoms with Crippen LogP contribution in [0.5, 0.6) is 23.0 Å². The van der Waals surface area contributed by atoms with Gasteiger partial charge in [0.2, 0.25) is 0 Å². The predicted octanol–water partition coefficient (Wildman–Crippen LogP) is 15.6. The van der Waals surface area contributed by atoms with Crippen molar-refractivity contribution in [3.05, 3.63) is 212 Å². The van der Waals surface area contributed by atoms with E-state index >= 15 is 0 Å². The molecule has 7 heterocycles. The summed E-state index contributed by atoms with van der Waals surface area (Å²) in [5, 5.41) is 0.591. The van der Waals surface area contributed by atoms with E-state index in [4.69, 9.17) is 22.7 Å². The largest absolute Gasteiger partial charge is 0.509 e. The first-order chi connectivity index (χ1) is 35.6. The molecule has 5 aliphatic rings. The van der Waals surface area contributed by atoms with Gasteiger partial charge in [0.15, 0.2) is 0 Å². The molecular weight excluding hydrogens is 992 g/mol. The smallest absolute Gasteiger partial charge is 0.135 e. The summed E-state index contributed by atoms with van der Waals surface area (Å²) in [5.41, 5.74) is 8.62. The topological polar surface area (TPSA) is 42.8 Å². The van der Waals surface area contributed by atoms with Crippen molar-refractivity contribution in [2.75, 3.05) is 9.80 Å². The van der Waals surface area contributed by atoms with E-state index in [1.54, 1.807) is 48.9 Å². The third-order valence-corrected chi connectivity index (χ3v) is 11.8. The van der Waals surface area contributed by atoms with Crippen LogP contribution in [0, 0.1) is 31.6 Å². The molecule has 15 rings (SSSR count). The van der Waals surface area contributed by atoms with E-state index in [1.807, 2.05) is 109 Å². The van der Waals surface area contributed by atoms with Crippen molar-refractivity contribution >= 4 is 44.6 Å². The first-order valence-corrected chi connectivity index (χ1v) is 21.4. The van der Waals surface area contributed by atoms with Crippen LogP contribution in [0.1, 0.15) is 37.3 Å². The molecule has 2 aromatic heterocycles. The Kier molecular flexibility index (Phi) is 8.25. The number of benzene rings is 8. The third kappa shape index (κ3) is 7.23. The van der Waals surface area contributed by atoms with Gasteiger partial charge in [-0.1, -0.05) is 129 Å². The Morgan fingerprint density at radius 3 is 2.09 bits per heavy atom. The quantitative estimate of drug-likeness (QED) is 0.165. The standard InChI is InChI=1S/C59H43N4O2.Pt/c1-38(2)32-43-33-58-60-36-52(43)42-23-28-46(29-24-42)64-45-26-21-41(22-27-45)49-16-11-15-48(40-12-5-4-6-13-40)59(49)62-37-61(54-18-9-10-19-55(54)62)44-25-20-39(3)57(34-44)65-47-30-31-51-50-14-7-8-17-53(50)63(58)56(51)35-47;/h4-31,33,36-38H,32H2,1-3H3;/q-3;/i3D3,7D,8D,14D,17D,32D2;. The molecule has 0 N–H and O–H groups in total. The first kappa shape index (κ1) is 32.3. The molecule has 324 valence electrons. The summed E-state index contributed by atoms with van der Waals surface area (Å²) in [6, 6.07) is 52.8. The van der Waals surface area contributed by atoms with Gasteiger partial charge >= 0.3 is 0 Å². The van der Waals surface area contributed by atoms with Crippen LogP contribution in [0.15, 0.2) is 182 Å². The number of aryl methyl sites for hydroxylation is 1. The fourth-order valence-corrected chi connectivity index (χ4v) is 8.84. The fraction of sp³-hybridized carbons (Fsp3) is 0.0847. The number of anilines is 4. The summed E-state index contributed by atoms with van der Waals surface area (Å²) in [5.74, 6) is 0.802. The molecular formula is C59H43N4O2Pt-3. The fourth-order valence-electron chi connectivity index (χ4n) is 8.84. The van der Waals surface area contributed by atoms with Crippen LogP contribution < -0.4 is 19.3 Å². The molecule has 0 saturated heterocycles.